The second-order valence-corrected chi connectivity index (χ2v) is 3.40. The second-order valence-electron chi connectivity index (χ2n) is 3.40. The van der Waals surface area contributed by atoms with Crippen LogP contribution in [-0.2, 0) is 0 Å². The number of benzene rings is 2. The Labute approximate surface area is 92.8 Å². The van der Waals surface area contributed by atoms with E-state index in [1.165, 1.54) is 6.07 Å². The molecule has 0 saturated heterocycles. The normalized spacial score (nSPS) is 9.75. The quantitative estimate of drug-likeness (QED) is 0.739. The maximum absolute atomic E-state index is 13.5. The fraction of sp³-hybridized carbons (Fsp3) is 0. The third-order valence-electron chi connectivity index (χ3n) is 2.34. The Morgan fingerprint density at radius 3 is 2.31 bits per heavy atom. The number of hydrogen-bond donors (Lipinski definition) is 1. The largest absolute Gasteiger partial charge is 0.398 e. The molecule has 78 valence electrons. The zero-order chi connectivity index (χ0) is 11.5. The van der Waals surface area contributed by atoms with Crippen LogP contribution in [-0.4, -0.2) is 0 Å². The summed E-state index contributed by atoms with van der Waals surface area (Å²) in [7, 11) is 0. The lowest BCUT2D eigenvalue weighted by atomic mass is 10.0. The van der Waals surface area contributed by atoms with Gasteiger partial charge in [0.25, 0.3) is 0 Å². The Hall–Kier alpha value is -2.34. The van der Waals surface area contributed by atoms with Crippen LogP contribution in [0.3, 0.4) is 0 Å². The third-order valence-corrected chi connectivity index (χ3v) is 2.34. The monoisotopic (exact) mass is 212 g/mol. The average Bonchev–Trinajstić information content (AvgIpc) is 2.30. The van der Waals surface area contributed by atoms with Crippen LogP contribution in [0.15, 0.2) is 42.5 Å². The topological polar surface area (TPSA) is 49.8 Å². The first kappa shape index (κ1) is 10.2. The molecular formula is C13H9FN2. The molecule has 2 aromatic carbocycles. The summed E-state index contributed by atoms with van der Waals surface area (Å²) in [5.41, 5.74) is 7.23. The Morgan fingerprint density at radius 1 is 1.06 bits per heavy atom. The summed E-state index contributed by atoms with van der Waals surface area (Å²) in [5, 5.41) is 8.69. The molecule has 0 radical (unpaired) electrons. The van der Waals surface area contributed by atoms with Crippen molar-refractivity contribution in [1.82, 2.24) is 0 Å². The van der Waals surface area contributed by atoms with E-state index in [0.717, 1.165) is 5.56 Å². The van der Waals surface area contributed by atoms with Gasteiger partial charge in [0.1, 0.15) is 17.4 Å². The van der Waals surface area contributed by atoms with Gasteiger partial charge in [-0.05, 0) is 23.3 Å². The van der Waals surface area contributed by atoms with Crippen LogP contribution >= 0.6 is 0 Å². The molecule has 0 bridgehead atoms. The first-order valence-electron chi connectivity index (χ1n) is 4.77. The molecule has 3 heteroatoms. The number of nitrogens with two attached hydrogens (primary N) is 1. The first-order chi connectivity index (χ1) is 7.72. The predicted molar refractivity (Wildman–Crippen MR) is 61.0 cm³/mol. The standard InChI is InChI=1S/C13H9FN2/c14-12-6-10(7-13(16)11(12)8-15)9-4-2-1-3-5-9/h1-7H,16H2. The molecule has 0 heterocycles. The molecule has 0 aliphatic rings. The highest BCUT2D eigenvalue weighted by Crippen LogP contribution is 2.25. The molecule has 0 saturated carbocycles. The van der Waals surface area contributed by atoms with E-state index >= 15 is 0 Å². The van der Waals surface area contributed by atoms with Crippen LogP contribution in [0.25, 0.3) is 11.1 Å². The lowest BCUT2D eigenvalue weighted by molar-refractivity contribution is 0.625. The maximum Gasteiger partial charge on any atom is 0.143 e. The molecule has 0 aliphatic carbocycles. The van der Waals surface area contributed by atoms with Crippen LogP contribution in [0.1, 0.15) is 5.56 Å². The van der Waals surface area contributed by atoms with Crippen LogP contribution in [0.4, 0.5) is 10.1 Å². The molecule has 0 atom stereocenters. The van der Waals surface area contributed by atoms with Gasteiger partial charge in [-0.3, -0.25) is 0 Å². The van der Waals surface area contributed by atoms with Crippen molar-refractivity contribution >= 4 is 5.69 Å². The van der Waals surface area contributed by atoms with E-state index in [2.05, 4.69) is 0 Å². The van der Waals surface area contributed by atoms with Crippen molar-refractivity contribution in [3.05, 3.63) is 53.8 Å². The summed E-state index contributed by atoms with van der Waals surface area (Å²) in [5.74, 6) is -0.582. The highest BCUT2D eigenvalue weighted by Gasteiger charge is 2.08. The number of hydrogen-bond acceptors (Lipinski definition) is 2. The lowest BCUT2D eigenvalue weighted by Crippen LogP contribution is -1.95. The number of rotatable bonds is 1. The fourth-order valence-electron chi connectivity index (χ4n) is 1.54. The smallest absolute Gasteiger partial charge is 0.143 e. The van der Waals surface area contributed by atoms with Gasteiger partial charge in [-0.1, -0.05) is 30.3 Å². The summed E-state index contributed by atoms with van der Waals surface area (Å²) in [6, 6.07) is 14.0. The Morgan fingerprint density at radius 2 is 1.75 bits per heavy atom. The Balaban J connectivity index is 2.58. The van der Waals surface area contributed by atoms with Crippen LogP contribution < -0.4 is 5.73 Å². The van der Waals surface area contributed by atoms with Gasteiger partial charge < -0.3 is 5.73 Å². The van der Waals surface area contributed by atoms with E-state index in [0.29, 0.717) is 5.56 Å². The van der Waals surface area contributed by atoms with Gasteiger partial charge in [0.15, 0.2) is 0 Å². The molecule has 2 N–H and O–H groups in total. The van der Waals surface area contributed by atoms with Gasteiger partial charge in [0.05, 0.1) is 5.69 Å². The van der Waals surface area contributed by atoms with Crippen LogP contribution in [0, 0.1) is 17.1 Å². The summed E-state index contributed by atoms with van der Waals surface area (Å²) in [6.45, 7) is 0. The van der Waals surface area contributed by atoms with E-state index in [1.54, 1.807) is 12.1 Å². The van der Waals surface area contributed by atoms with Crippen molar-refractivity contribution in [3.63, 3.8) is 0 Å². The molecule has 0 aromatic heterocycles. The second kappa shape index (κ2) is 4.03. The number of nitrogen functional groups attached to an aromatic ring is 1. The molecule has 0 amide bonds. The molecule has 2 rings (SSSR count). The molecule has 0 unspecified atom stereocenters. The summed E-state index contributed by atoms with van der Waals surface area (Å²) in [6.07, 6.45) is 0. The van der Waals surface area contributed by atoms with Crippen molar-refractivity contribution in [2.75, 3.05) is 5.73 Å². The van der Waals surface area contributed by atoms with Crippen LogP contribution in [0.5, 0.6) is 0 Å². The molecule has 0 aliphatic heterocycles. The molecular weight excluding hydrogens is 203 g/mol. The first-order valence-corrected chi connectivity index (χ1v) is 4.77. The van der Waals surface area contributed by atoms with Gasteiger partial charge in [-0.15, -0.1) is 0 Å². The van der Waals surface area contributed by atoms with E-state index in [1.807, 2.05) is 30.3 Å². The summed E-state index contributed by atoms with van der Waals surface area (Å²) in [4.78, 5) is 0. The van der Waals surface area contributed by atoms with Gasteiger partial charge in [-0.25, -0.2) is 4.39 Å². The van der Waals surface area contributed by atoms with Gasteiger partial charge in [0, 0.05) is 0 Å². The van der Waals surface area contributed by atoms with Crippen molar-refractivity contribution in [3.8, 4) is 17.2 Å². The highest BCUT2D eigenvalue weighted by atomic mass is 19.1. The molecule has 2 aromatic rings. The predicted octanol–water partition coefficient (Wildman–Crippen LogP) is 2.95. The van der Waals surface area contributed by atoms with E-state index < -0.39 is 5.82 Å². The minimum absolute atomic E-state index is 0.0975. The molecule has 16 heavy (non-hydrogen) atoms. The zero-order valence-electron chi connectivity index (χ0n) is 8.44. The van der Waals surface area contributed by atoms with Gasteiger partial charge in [0.2, 0.25) is 0 Å². The van der Waals surface area contributed by atoms with E-state index in [-0.39, 0.29) is 11.3 Å². The minimum atomic E-state index is -0.582. The van der Waals surface area contributed by atoms with Gasteiger partial charge in [-0.2, -0.15) is 5.26 Å². The highest BCUT2D eigenvalue weighted by molar-refractivity contribution is 5.71. The van der Waals surface area contributed by atoms with Crippen molar-refractivity contribution in [2.24, 2.45) is 0 Å². The number of anilines is 1. The molecule has 2 nitrogen and oxygen atoms in total. The minimum Gasteiger partial charge on any atom is -0.398 e. The summed E-state index contributed by atoms with van der Waals surface area (Å²) < 4.78 is 13.5. The zero-order valence-corrected chi connectivity index (χ0v) is 8.44. The number of nitrogens with zero attached hydrogens (tertiary/aromatic N) is 1. The number of nitriles is 1. The van der Waals surface area contributed by atoms with E-state index in [9.17, 15) is 4.39 Å². The van der Waals surface area contributed by atoms with Gasteiger partial charge >= 0.3 is 0 Å². The average molecular weight is 212 g/mol. The SMILES string of the molecule is N#Cc1c(N)cc(-c2ccccc2)cc1F. The number of halogens is 1. The Kier molecular flexibility index (Phi) is 2.57. The van der Waals surface area contributed by atoms with Crippen LogP contribution in [0.2, 0.25) is 0 Å². The van der Waals surface area contributed by atoms with Crippen molar-refractivity contribution in [1.29, 1.82) is 5.26 Å². The fourth-order valence-corrected chi connectivity index (χ4v) is 1.54. The lowest BCUT2D eigenvalue weighted by Gasteiger charge is -2.05. The Bertz CT molecular complexity index is 533. The summed E-state index contributed by atoms with van der Waals surface area (Å²) >= 11 is 0. The van der Waals surface area contributed by atoms with Crippen molar-refractivity contribution in [2.45, 2.75) is 0 Å². The molecule has 0 fully saturated rings. The maximum atomic E-state index is 13.5. The molecule has 0 spiro atoms. The third kappa shape index (κ3) is 1.73. The van der Waals surface area contributed by atoms with Crippen molar-refractivity contribution < 1.29 is 4.39 Å². The van der Waals surface area contributed by atoms with E-state index in [4.69, 9.17) is 11.0 Å².